The topological polar surface area (TPSA) is 103 Å². The first-order valence-corrected chi connectivity index (χ1v) is 9.94. The molecule has 2 aromatic carbocycles. The summed E-state index contributed by atoms with van der Waals surface area (Å²) < 4.78 is 5.28. The van der Waals surface area contributed by atoms with Crippen LogP contribution in [0.2, 0.25) is 10.0 Å². The number of hydrogen-bond donors (Lipinski definition) is 1. The number of rotatable bonds is 4. The van der Waals surface area contributed by atoms with Gasteiger partial charge in [0.05, 0.1) is 24.8 Å². The third kappa shape index (κ3) is 3.61. The first kappa shape index (κ1) is 21.6. The van der Waals surface area contributed by atoms with Gasteiger partial charge >= 0.3 is 5.97 Å². The normalized spacial score (nSPS) is 25.5. The molecule has 1 fully saturated rings. The molecule has 0 unspecified atom stereocenters. The van der Waals surface area contributed by atoms with Crippen LogP contribution < -0.4 is 5.32 Å². The van der Waals surface area contributed by atoms with Crippen LogP contribution >= 0.6 is 23.2 Å². The van der Waals surface area contributed by atoms with Crippen molar-refractivity contribution in [1.29, 1.82) is 10.5 Å². The maximum absolute atomic E-state index is 13.3. The summed E-state index contributed by atoms with van der Waals surface area (Å²) in [5.74, 6) is -3.74. The summed E-state index contributed by atoms with van der Waals surface area (Å²) in [5.41, 5.74) is -0.918. The third-order valence-electron chi connectivity index (χ3n) is 5.22. The lowest BCUT2D eigenvalue weighted by atomic mass is 9.59. The van der Waals surface area contributed by atoms with E-state index in [1.54, 1.807) is 55.5 Å². The number of esters is 1. The molecule has 2 aromatic rings. The SMILES string of the molecule is CCOC(=O)[C@]1(C#N)[C@@H](c2ccc(Cl)cc2)NC(=O)[C@H](C#N)[C@H]1c1ccc(Cl)cc1. The number of ether oxygens (including phenoxy) is 1. The van der Waals surface area contributed by atoms with Gasteiger partial charge in [-0.25, -0.2) is 0 Å². The van der Waals surface area contributed by atoms with E-state index in [0.717, 1.165) is 0 Å². The van der Waals surface area contributed by atoms with Gasteiger partial charge in [0.1, 0.15) is 5.92 Å². The summed E-state index contributed by atoms with van der Waals surface area (Å²) in [6.45, 7) is 1.66. The highest BCUT2D eigenvalue weighted by atomic mass is 35.5. The van der Waals surface area contributed by atoms with Crippen LogP contribution in [-0.2, 0) is 14.3 Å². The summed E-state index contributed by atoms with van der Waals surface area (Å²) in [5, 5.41) is 23.7. The summed E-state index contributed by atoms with van der Waals surface area (Å²) in [4.78, 5) is 26.1. The van der Waals surface area contributed by atoms with Gasteiger partial charge in [-0.05, 0) is 42.3 Å². The zero-order valence-corrected chi connectivity index (χ0v) is 17.4. The van der Waals surface area contributed by atoms with Crippen LogP contribution in [0.3, 0.4) is 0 Å². The molecule has 0 bridgehead atoms. The predicted octanol–water partition coefficient (Wildman–Crippen LogP) is 4.16. The average molecular weight is 442 g/mol. The van der Waals surface area contributed by atoms with Crippen LogP contribution in [0, 0.1) is 34.0 Å². The largest absolute Gasteiger partial charge is 0.465 e. The van der Waals surface area contributed by atoms with Gasteiger partial charge in [-0.1, -0.05) is 47.5 Å². The molecule has 4 atom stereocenters. The second-order valence-corrected chi connectivity index (χ2v) is 7.70. The molecule has 0 spiro atoms. The number of benzene rings is 2. The van der Waals surface area contributed by atoms with Crippen molar-refractivity contribution >= 4 is 35.1 Å². The fourth-order valence-corrected chi connectivity index (χ4v) is 4.13. The molecule has 6 nitrogen and oxygen atoms in total. The highest BCUT2D eigenvalue weighted by molar-refractivity contribution is 6.30. The molecule has 0 aliphatic carbocycles. The minimum atomic E-state index is -1.88. The second-order valence-electron chi connectivity index (χ2n) is 6.83. The Kier molecular flexibility index (Phi) is 6.31. The van der Waals surface area contributed by atoms with Crippen molar-refractivity contribution in [2.75, 3.05) is 6.61 Å². The number of hydrogen-bond acceptors (Lipinski definition) is 5. The van der Waals surface area contributed by atoms with E-state index in [0.29, 0.717) is 21.2 Å². The molecular weight excluding hydrogens is 425 g/mol. The molecule has 30 heavy (non-hydrogen) atoms. The average Bonchev–Trinajstić information content (AvgIpc) is 2.74. The highest BCUT2D eigenvalue weighted by Gasteiger charge is 2.62. The molecule has 8 heteroatoms. The van der Waals surface area contributed by atoms with E-state index in [9.17, 15) is 20.1 Å². The molecule has 1 N–H and O–H groups in total. The molecule has 0 aromatic heterocycles. The van der Waals surface area contributed by atoms with E-state index in [1.165, 1.54) is 0 Å². The Morgan fingerprint density at radius 3 is 2.07 bits per heavy atom. The van der Waals surface area contributed by atoms with Crippen LogP contribution in [0.25, 0.3) is 0 Å². The third-order valence-corrected chi connectivity index (χ3v) is 5.72. The number of carbonyl (C=O) groups excluding carboxylic acids is 2. The molecule has 152 valence electrons. The van der Waals surface area contributed by atoms with Crippen LogP contribution in [0.1, 0.15) is 30.0 Å². The first-order valence-electron chi connectivity index (χ1n) is 9.18. The summed E-state index contributed by atoms with van der Waals surface area (Å²) >= 11 is 12.0. The lowest BCUT2D eigenvalue weighted by Gasteiger charge is -2.45. The van der Waals surface area contributed by atoms with Crippen molar-refractivity contribution in [3.05, 3.63) is 69.7 Å². The van der Waals surface area contributed by atoms with Gasteiger partial charge in [0.2, 0.25) is 5.91 Å². The maximum atomic E-state index is 13.3. The molecule has 1 saturated heterocycles. The Morgan fingerprint density at radius 1 is 1.07 bits per heavy atom. The molecule has 0 radical (unpaired) electrons. The number of amides is 1. The van der Waals surface area contributed by atoms with E-state index in [1.807, 2.05) is 6.07 Å². The van der Waals surface area contributed by atoms with Gasteiger partial charge in [0.25, 0.3) is 0 Å². The first-order chi connectivity index (χ1) is 14.4. The molecule has 1 aliphatic rings. The van der Waals surface area contributed by atoms with Crippen LogP contribution in [0.5, 0.6) is 0 Å². The Morgan fingerprint density at radius 2 is 1.60 bits per heavy atom. The number of halogens is 2. The monoisotopic (exact) mass is 441 g/mol. The highest BCUT2D eigenvalue weighted by Crippen LogP contribution is 2.53. The number of piperidine rings is 1. The van der Waals surface area contributed by atoms with Gasteiger partial charge in [0, 0.05) is 16.0 Å². The lowest BCUT2D eigenvalue weighted by Crippen LogP contribution is -2.58. The van der Waals surface area contributed by atoms with Gasteiger partial charge < -0.3 is 10.1 Å². The summed E-state index contributed by atoms with van der Waals surface area (Å²) in [7, 11) is 0. The summed E-state index contributed by atoms with van der Waals surface area (Å²) in [6.07, 6.45) is 0. The standard InChI is InChI=1S/C22H17Cl2N3O3/c1-2-30-21(29)22(12-26)18(13-3-7-15(23)8-4-13)17(11-25)20(28)27-19(22)14-5-9-16(24)10-6-14/h3-10,17-19H,2H2,1H3,(H,27,28)/t17-,18-,19-,22+/m1/s1. The van der Waals surface area contributed by atoms with Crippen molar-refractivity contribution in [3.63, 3.8) is 0 Å². The van der Waals surface area contributed by atoms with Crippen molar-refractivity contribution < 1.29 is 14.3 Å². The van der Waals surface area contributed by atoms with Crippen molar-refractivity contribution in [3.8, 4) is 12.1 Å². The van der Waals surface area contributed by atoms with Crippen LogP contribution in [0.4, 0.5) is 0 Å². The lowest BCUT2D eigenvalue weighted by molar-refractivity contribution is -0.159. The number of carbonyl (C=O) groups is 2. The second kappa shape index (κ2) is 8.75. The van der Waals surface area contributed by atoms with Crippen molar-refractivity contribution in [1.82, 2.24) is 5.32 Å². The quantitative estimate of drug-likeness (QED) is 0.717. The Bertz CT molecular complexity index is 1040. The number of nitrogens with one attached hydrogen (secondary N) is 1. The molecule has 0 saturated carbocycles. The van der Waals surface area contributed by atoms with Gasteiger partial charge in [-0.15, -0.1) is 0 Å². The number of nitriles is 2. The molecule has 1 heterocycles. The Labute approximate surface area is 184 Å². The van der Waals surface area contributed by atoms with E-state index < -0.39 is 35.2 Å². The molecule has 3 rings (SSSR count). The smallest absolute Gasteiger partial charge is 0.329 e. The van der Waals surface area contributed by atoms with Crippen molar-refractivity contribution in [2.24, 2.45) is 11.3 Å². The van der Waals surface area contributed by atoms with E-state index in [-0.39, 0.29) is 6.61 Å². The maximum Gasteiger partial charge on any atom is 0.329 e. The van der Waals surface area contributed by atoms with Gasteiger partial charge in [-0.3, -0.25) is 9.59 Å². The van der Waals surface area contributed by atoms with E-state index >= 15 is 0 Å². The van der Waals surface area contributed by atoms with Crippen molar-refractivity contribution in [2.45, 2.75) is 18.9 Å². The Hall–Kier alpha value is -3.06. The van der Waals surface area contributed by atoms with E-state index in [4.69, 9.17) is 27.9 Å². The minimum absolute atomic E-state index is 0.0358. The zero-order valence-electron chi connectivity index (χ0n) is 15.9. The predicted molar refractivity (Wildman–Crippen MR) is 110 cm³/mol. The molecule has 1 aliphatic heterocycles. The fraction of sp³-hybridized carbons (Fsp3) is 0.273. The fourth-order valence-electron chi connectivity index (χ4n) is 3.87. The van der Waals surface area contributed by atoms with E-state index in [2.05, 4.69) is 11.4 Å². The van der Waals surface area contributed by atoms with Gasteiger partial charge in [-0.2, -0.15) is 10.5 Å². The van der Waals surface area contributed by atoms with Crippen LogP contribution in [-0.4, -0.2) is 18.5 Å². The molecule has 1 amide bonds. The summed E-state index contributed by atoms with van der Waals surface area (Å²) in [6, 6.07) is 15.9. The zero-order chi connectivity index (χ0) is 21.9. The van der Waals surface area contributed by atoms with Crippen LogP contribution in [0.15, 0.2) is 48.5 Å². The Balaban J connectivity index is 2.30. The van der Waals surface area contributed by atoms with Gasteiger partial charge in [0.15, 0.2) is 5.41 Å². The minimum Gasteiger partial charge on any atom is -0.465 e. The number of nitrogens with zero attached hydrogens (tertiary/aromatic N) is 2. The molecular formula is C22H17Cl2N3O3.